The van der Waals surface area contributed by atoms with Crippen LogP contribution in [0.2, 0.25) is 0 Å². The topological polar surface area (TPSA) is 78.9 Å². The normalized spacial score (nSPS) is 31.6. The highest BCUT2D eigenvalue weighted by molar-refractivity contribution is 6.27. The van der Waals surface area contributed by atoms with Crippen LogP contribution in [0.15, 0.2) is 23.8 Å². The molecule has 1 unspecified atom stereocenters. The maximum absolute atomic E-state index is 12.0. The minimum Gasteiger partial charge on any atom is -0.466 e. The quantitative estimate of drug-likeness (QED) is 0.175. The molecule has 0 aromatic carbocycles. The Bertz CT molecular complexity index is 654. The van der Waals surface area contributed by atoms with Gasteiger partial charge in [0.05, 0.1) is 12.5 Å². The molecule has 0 saturated carbocycles. The molecule has 0 bridgehead atoms. The van der Waals surface area contributed by atoms with Gasteiger partial charge < -0.3 is 14.2 Å². The number of carbonyl (C=O) groups is 3. The number of fused-ring (bicyclic) bond motifs is 1. The van der Waals surface area contributed by atoms with Gasteiger partial charge in [-0.25, -0.2) is 4.79 Å². The smallest absolute Gasteiger partial charge is 0.334 e. The summed E-state index contributed by atoms with van der Waals surface area (Å²) < 4.78 is 15.9. The van der Waals surface area contributed by atoms with E-state index < -0.39 is 34.9 Å². The minimum atomic E-state index is -1.00. The third kappa shape index (κ3) is 3.80. The molecule has 0 aromatic heterocycles. The van der Waals surface area contributed by atoms with Crippen LogP contribution in [0.3, 0.4) is 0 Å². The van der Waals surface area contributed by atoms with Crippen molar-refractivity contribution in [1.82, 2.24) is 0 Å². The average Bonchev–Trinajstić information content (AvgIpc) is 2.81. The Morgan fingerprint density at radius 1 is 1.38 bits per heavy atom. The lowest BCUT2D eigenvalue weighted by molar-refractivity contribution is -0.153. The van der Waals surface area contributed by atoms with Crippen molar-refractivity contribution < 1.29 is 28.6 Å². The summed E-state index contributed by atoms with van der Waals surface area (Å²) in [6.45, 7) is 10.6. The SMILES string of the molecule is C=C1C(=O)O[C@@H]2C=C(C)C(Cl)([C@@H](C)CCCOC(C)=O)[C@@H](OC(C)=O)[C@H]12. The van der Waals surface area contributed by atoms with E-state index in [0.29, 0.717) is 19.4 Å². The van der Waals surface area contributed by atoms with Gasteiger partial charge in [-0.2, -0.15) is 0 Å². The summed E-state index contributed by atoms with van der Waals surface area (Å²) in [5.74, 6) is -1.92. The van der Waals surface area contributed by atoms with Crippen molar-refractivity contribution in [2.24, 2.45) is 11.8 Å². The Kier molecular flexibility index (Phi) is 6.17. The second-order valence-corrected chi connectivity index (χ2v) is 7.58. The second-order valence-electron chi connectivity index (χ2n) is 6.95. The zero-order valence-corrected chi connectivity index (χ0v) is 16.3. The Labute approximate surface area is 158 Å². The number of rotatable bonds is 6. The predicted octanol–water partition coefficient (Wildman–Crippen LogP) is 2.93. The van der Waals surface area contributed by atoms with Crippen LogP contribution in [0.4, 0.5) is 0 Å². The fourth-order valence-electron chi connectivity index (χ4n) is 3.78. The Balaban J connectivity index is 2.28. The fourth-order valence-corrected chi connectivity index (χ4v) is 4.13. The van der Waals surface area contributed by atoms with Crippen molar-refractivity contribution in [2.75, 3.05) is 6.61 Å². The zero-order valence-electron chi connectivity index (χ0n) is 15.5. The first kappa shape index (κ1) is 20.5. The molecule has 144 valence electrons. The standard InChI is InChI=1S/C19H25ClO6/c1-10(7-6-8-24-13(4)21)19(20)11(2)9-15-16(12(3)18(23)26-15)17(19)25-14(5)22/h9-10,15-17H,3,6-8H2,1-2,4-5H3/t10-,15+,16+,17-,19?/m0/s1. The van der Waals surface area contributed by atoms with Crippen molar-refractivity contribution in [3.8, 4) is 0 Å². The summed E-state index contributed by atoms with van der Waals surface area (Å²) in [6, 6.07) is 0. The lowest BCUT2D eigenvalue weighted by atomic mass is 9.69. The first-order valence-electron chi connectivity index (χ1n) is 8.67. The second kappa shape index (κ2) is 7.82. The van der Waals surface area contributed by atoms with Crippen molar-refractivity contribution in [2.45, 2.75) is 57.6 Å². The Morgan fingerprint density at radius 3 is 2.62 bits per heavy atom. The predicted molar refractivity (Wildman–Crippen MR) is 95.4 cm³/mol. The molecule has 0 amide bonds. The van der Waals surface area contributed by atoms with Crippen LogP contribution in [0.25, 0.3) is 0 Å². The molecular formula is C19H25ClO6. The van der Waals surface area contributed by atoms with E-state index in [-0.39, 0.29) is 17.5 Å². The first-order valence-corrected chi connectivity index (χ1v) is 9.05. The van der Waals surface area contributed by atoms with Gasteiger partial charge in [-0.3, -0.25) is 9.59 Å². The van der Waals surface area contributed by atoms with Gasteiger partial charge in [0.2, 0.25) is 0 Å². The molecule has 0 radical (unpaired) electrons. The maximum atomic E-state index is 12.0. The van der Waals surface area contributed by atoms with Crippen LogP contribution in [0.5, 0.6) is 0 Å². The lowest BCUT2D eigenvalue weighted by Gasteiger charge is -2.46. The summed E-state index contributed by atoms with van der Waals surface area (Å²) >= 11 is 7.05. The molecular weight excluding hydrogens is 360 g/mol. The number of hydrogen-bond donors (Lipinski definition) is 0. The van der Waals surface area contributed by atoms with Crippen molar-refractivity contribution in [3.63, 3.8) is 0 Å². The first-order chi connectivity index (χ1) is 12.1. The molecule has 0 aromatic rings. The number of hydrogen-bond acceptors (Lipinski definition) is 6. The van der Waals surface area contributed by atoms with Crippen LogP contribution >= 0.6 is 11.6 Å². The summed E-state index contributed by atoms with van der Waals surface area (Å²) in [7, 11) is 0. The highest BCUT2D eigenvalue weighted by Gasteiger charge is 2.58. The number of carbonyl (C=O) groups excluding carboxylic acids is 3. The van der Waals surface area contributed by atoms with E-state index in [1.54, 1.807) is 0 Å². The molecule has 2 rings (SSSR count). The number of esters is 3. The molecule has 1 saturated heterocycles. The molecule has 5 atom stereocenters. The molecule has 1 aliphatic carbocycles. The van der Waals surface area contributed by atoms with E-state index >= 15 is 0 Å². The maximum Gasteiger partial charge on any atom is 0.334 e. The zero-order chi connectivity index (χ0) is 19.6. The van der Waals surface area contributed by atoms with Crippen LogP contribution in [0, 0.1) is 11.8 Å². The monoisotopic (exact) mass is 384 g/mol. The van der Waals surface area contributed by atoms with Crippen LogP contribution in [-0.2, 0) is 28.6 Å². The van der Waals surface area contributed by atoms with Gasteiger partial charge in [-0.15, -0.1) is 11.6 Å². The van der Waals surface area contributed by atoms with Crippen molar-refractivity contribution in [1.29, 1.82) is 0 Å². The molecule has 2 aliphatic rings. The molecule has 1 aliphatic heterocycles. The molecule has 26 heavy (non-hydrogen) atoms. The van der Waals surface area contributed by atoms with Gasteiger partial charge in [0, 0.05) is 19.4 Å². The largest absolute Gasteiger partial charge is 0.466 e. The highest BCUT2D eigenvalue weighted by atomic mass is 35.5. The van der Waals surface area contributed by atoms with Gasteiger partial charge in [0.25, 0.3) is 0 Å². The van der Waals surface area contributed by atoms with Gasteiger partial charge in [0.15, 0.2) is 0 Å². The van der Waals surface area contributed by atoms with Gasteiger partial charge >= 0.3 is 17.9 Å². The van der Waals surface area contributed by atoms with E-state index in [4.69, 9.17) is 25.8 Å². The molecule has 1 heterocycles. The third-order valence-electron chi connectivity index (χ3n) is 5.12. The molecule has 0 N–H and O–H groups in total. The van der Waals surface area contributed by atoms with Gasteiger partial charge in [0.1, 0.15) is 17.1 Å². The summed E-state index contributed by atoms with van der Waals surface area (Å²) in [6.07, 6.45) is 1.80. The number of ether oxygens (including phenoxy) is 3. The van der Waals surface area contributed by atoms with Crippen molar-refractivity contribution >= 4 is 29.5 Å². The molecule has 7 heteroatoms. The number of alkyl halides is 1. The molecule has 0 spiro atoms. The Morgan fingerprint density at radius 2 is 2.04 bits per heavy atom. The van der Waals surface area contributed by atoms with Crippen molar-refractivity contribution in [3.05, 3.63) is 23.8 Å². The fraction of sp³-hybridized carbons (Fsp3) is 0.632. The minimum absolute atomic E-state index is 0.107. The van der Waals surface area contributed by atoms with Gasteiger partial charge in [-0.05, 0) is 37.3 Å². The van der Waals surface area contributed by atoms with E-state index in [2.05, 4.69) is 6.58 Å². The lowest BCUT2D eigenvalue weighted by Crippen LogP contribution is -2.55. The van der Waals surface area contributed by atoms with Crippen LogP contribution < -0.4 is 0 Å². The van der Waals surface area contributed by atoms with E-state index in [9.17, 15) is 14.4 Å². The molecule has 1 fully saturated rings. The average molecular weight is 385 g/mol. The Hall–Kier alpha value is -1.82. The summed E-state index contributed by atoms with van der Waals surface area (Å²) in [5, 5.41) is 0. The third-order valence-corrected chi connectivity index (χ3v) is 6.00. The van der Waals surface area contributed by atoms with E-state index in [1.165, 1.54) is 13.8 Å². The van der Waals surface area contributed by atoms with Crippen LogP contribution in [0.1, 0.15) is 40.5 Å². The summed E-state index contributed by atoms with van der Waals surface area (Å²) in [4.78, 5) is 33.6. The van der Waals surface area contributed by atoms with E-state index in [1.807, 2.05) is 19.9 Å². The highest BCUT2D eigenvalue weighted by Crippen LogP contribution is 2.51. The van der Waals surface area contributed by atoms with Gasteiger partial charge in [-0.1, -0.05) is 13.5 Å². The summed E-state index contributed by atoms with van der Waals surface area (Å²) in [5.41, 5.74) is 1.05. The number of halogens is 1. The van der Waals surface area contributed by atoms with Crippen LogP contribution in [-0.4, -0.2) is 41.6 Å². The van der Waals surface area contributed by atoms with E-state index in [0.717, 1.165) is 5.57 Å². The molecule has 6 nitrogen and oxygen atoms in total.